The van der Waals surface area contributed by atoms with Crippen LogP contribution in [-0.4, -0.2) is 54.8 Å². The third-order valence-corrected chi connectivity index (χ3v) is 5.06. The molecule has 0 spiro atoms. The van der Waals surface area contributed by atoms with Crippen molar-refractivity contribution >= 4 is 17.5 Å². The molecule has 1 fully saturated rings. The molecule has 30 heavy (non-hydrogen) atoms. The van der Waals surface area contributed by atoms with E-state index in [-0.39, 0.29) is 29.1 Å². The van der Waals surface area contributed by atoms with Crippen molar-refractivity contribution in [2.75, 3.05) is 38.8 Å². The minimum Gasteiger partial charge on any atom is -0.496 e. The van der Waals surface area contributed by atoms with Gasteiger partial charge >= 0.3 is 11.7 Å². The summed E-state index contributed by atoms with van der Waals surface area (Å²) in [6.07, 6.45) is 2.36. The number of hydrogen-bond acceptors (Lipinski definition) is 9. The van der Waals surface area contributed by atoms with E-state index in [1.165, 1.54) is 20.5 Å². The highest BCUT2D eigenvalue weighted by molar-refractivity contribution is 5.84. The molecule has 0 N–H and O–H groups in total. The number of methoxy groups -OCH3 is 2. The Labute approximate surface area is 173 Å². The number of carbonyl (C=O) groups excluding carboxylic acids is 1. The van der Waals surface area contributed by atoms with Crippen molar-refractivity contribution in [3.05, 3.63) is 34.6 Å². The fourth-order valence-electron chi connectivity index (χ4n) is 3.62. The van der Waals surface area contributed by atoms with Gasteiger partial charge in [-0.3, -0.25) is 14.9 Å². The Hall–Kier alpha value is -3.43. The molecule has 3 rings (SSSR count). The molecule has 0 aliphatic carbocycles. The molecule has 10 heteroatoms. The summed E-state index contributed by atoms with van der Waals surface area (Å²) in [5.74, 6) is 0.580. The van der Waals surface area contributed by atoms with E-state index in [1.54, 1.807) is 30.0 Å². The second-order valence-electron chi connectivity index (χ2n) is 6.70. The molecule has 0 atom stereocenters. The van der Waals surface area contributed by atoms with E-state index >= 15 is 0 Å². The van der Waals surface area contributed by atoms with Crippen LogP contribution in [0.5, 0.6) is 11.5 Å². The van der Waals surface area contributed by atoms with Gasteiger partial charge in [0.15, 0.2) is 5.69 Å². The Morgan fingerprint density at radius 1 is 1.20 bits per heavy atom. The number of hydrogen-bond donors (Lipinski definition) is 0. The molecule has 1 aromatic heterocycles. The molecule has 2 aromatic rings. The first-order valence-electron chi connectivity index (χ1n) is 9.64. The van der Waals surface area contributed by atoms with Gasteiger partial charge in [0.2, 0.25) is 5.82 Å². The van der Waals surface area contributed by atoms with E-state index in [9.17, 15) is 14.9 Å². The van der Waals surface area contributed by atoms with Gasteiger partial charge in [-0.15, -0.1) is 0 Å². The van der Waals surface area contributed by atoms with Crippen LogP contribution in [0, 0.1) is 16.0 Å². The minimum atomic E-state index is -0.492. The van der Waals surface area contributed by atoms with Crippen molar-refractivity contribution in [1.82, 2.24) is 9.97 Å². The number of piperidine rings is 1. The third kappa shape index (κ3) is 4.12. The predicted octanol–water partition coefficient (Wildman–Crippen LogP) is 2.85. The molecule has 2 heterocycles. The van der Waals surface area contributed by atoms with E-state index in [2.05, 4.69) is 9.97 Å². The Balaban J connectivity index is 2.01. The van der Waals surface area contributed by atoms with Crippen LogP contribution < -0.4 is 14.4 Å². The van der Waals surface area contributed by atoms with Crippen molar-refractivity contribution in [2.45, 2.75) is 19.8 Å². The van der Waals surface area contributed by atoms with Gasteiger partial charge in [0, 0.05) is 13.1 Å². The number of anilines is 1. The highest BCUT2D eigenvalue weighted by atomic mass is 16.6. The van der Waals surface area contributed by atoms with Crippen LogP contribution in [0.15, 0.2) is 24.5 Å². The van der Waals surface area contributed by atoms with E-state index in [1.807, 2.05) is 0 Å². The van der Waals surface area contributed by atoms with Crippen LogP contribution in [0.25, 0.3) is 11.3 Å². The highest BCUT2D eigenvalue weighted by Gasteiger charge is 2.34. The van der Waals surface area contributed by atoms with Gasteiger partial charge in [-0.05, 0) is 31.9 Å². The molecular formula is C20H24N4O6. The molecule has 0 amide bonds. The molecule has 1 aliphatic heterocycles. The molecule has 0 saturated carbocycles. The van der Waals surface area contributed by atoms with Gasteiger partial charge in [0.25, 0.3) is 0 Å². The lowest BCUT2D eigenvalue weighted by atomic mass is 9.96. The topological polar surface area (TPSA) is 117 Å². The maximum Gasteiger partial charge on any atom is 0.337 e. The maximum absolute atomic E-state index is 12.1. The van der Waals surface area contributed by atoms with E-state index in [0.717, 1.165) is 0 Å². The Bertz CT molecular complexity index is 905. The third-order valence-electron chi connectivity index (χ3n) is 5.06. The number of rotatable bonds is 7. The van der Waals surface area contributed by atoms with E-state index in [0.29, 0.717) is 49.6 Å². The van der Waals surface area contributed by atoms with Crippen LogP contribution in [0.2, 0.25) is 0 Å². The minimum absolute atomic E-state index is 0.117. The van der Waals surface area contributed by atoms with Gasteiger partial charge in [-0.2, -0.15) is 0 Å². The highest BCUT2D eigenvalue weighted by Crippen LogP contribution is 2.44. The fourth-order valence-corrected chi connectivity index (χ4v) is 3.62. The van der Waals surface area contributed by atoms with Crippen molar-refractivity contribution < 1.29 is 23.9 Å². The zero-order chi connectivity index (χ0) is 21.7. The standard InChI is InChI=1S/C20H24N4O6/c1-4-30-20(25)13-8-10-23(11-9-13)19-18(24(26)27)17(21-12-22-19)16-14(28-2)6-5-7-15(16)29-3/h5-7,12-13H,4,8-11H2,1-3H3. The summed E-state index contributed by atoms with van der Waals surface area (Å²) in [4.78, 5) is 33.8. The lowest BCUT2D eigenvalue weighted by Gasteiger charge is -2.31. The number of aromatic nitrogens is 2. The average Bonchev–Trinajstić information content (AvgIpc) is 2.78. The van der Waals surface area contributed by atoms with Crippen molar-refractivity contribution in [3.63, 3.8) is 0 Å². The smallest absolute Gasteiger partial charge is 0.337 e. The molecular weight excluding hydrogens is 392 g/mol. The normalized spacial score (nSPS) is 14.3. The largest absolute Gasteiger partial charge is 0.496 e. The van der Waals surface area contributed by atoms with Crippen LogP contribution in [-0.2, 0) is 9.53 Å². The quantitative estimate of drug-likeness (QED) is 0.381. The summed E-state index contributed by atoms with van der Waals surface area (Å²) in [5, 5.41) is 12.1. The van der Waals surface area contributed by atoms with Crippen LogP contribution in [0.4, 0.5) is 11.5 Å². The molecule has 1 aliphatic rings. The van der Waals surface area contributed by atoms with Crippen LogP contribution in [0.1, 0.15) is 19.8 Å². The number of benzene rings is 1. The van der Waals surface area contributed by atoms with E-state index < -0.39 is 4.92 Å². The Morgan fingerprint density at radius 3 is 2.37 bits per heavy atom. The monoisotopic (exact) mass is 416 g/mol. The molecule has 0 bridgehead atoms. The molecule has 0 radical (unpaired) electrons. The molecule has 0 unspecified atom stereocenters. The summed E-state index contributed by atoms with van der Waals surface area (Å²) in [5.41, 5.74) is 0.279. The van der Waals surface area contributed by atoms with Crippen molar-refractivity contribution in [2.24, 2.45) is 5.92 Å². The molecule has 1 saturated heterocycles. The lowest BCUT2D eigenvalue weighted by molar-refractivity contribution is -0.383. The first kappa shape index (κ1) is 21.3. The summed E-state index contributed by atoms with van der Waals surface area (Å²) in [6, 6.07) is 5.11. The van der Waals surface area contributed by atoms with Gasteiger partial charge in [-0.1, -0.05) is 6.07 Å². The Morgan fingerprint density at radius 2 is 1.83 bits per heavy atom. The summed E-state index contributed by atoms with van der Waals surface area (Å²) in [7, 11) is 2.96. The van der Waals surface area contributed by atoms with E-state index in [4.69, 9.17) is 14.2 Å². The summed E-state index contributed by atoms with van der Waals surface area (Å²) >= 11 is 0. The van der Waals surface area contributed by atoms with Crippen LogP contribution in [0.3, 0.4) is 0 Å². The average molecular weight is 416 g/mol. The number of carbonyl (C=O) groups is 1. The lowest BCUT2D eigenvalue weighted by Crippen LogP contribution is -2.37. The first-order valence-corrected chi connectivity index (χ1v) is 9.64. The first-order chi connectivity index (χ1) is 14.5. The zero-order valence-electron chi connectivity index (χ0n) is 17.2. The number of nitro groups is 1. The van der Waals surface area contributed by atoms with Crippen molar-refractivity contribution in [1.29, 1.82) is 0 Å². The SMILES string of the molecule is CCOC(=O)C1CCN(c2ncnc(-c3c(OC)cccc3OC)c2[N+](=O)[O-])CC1. The number of esters is 1. The fraction of sp³-hybridized carbons (Fsp3) is 0.450. The predicted molar refractivity (Wildman–Crippen MR) is 109 cm³/mol. The maximum atomic E-state index is 12.1. The van der Waals surface area contributed by atoms with Gasteiger partial charge in [0.1, 0.15) is 17.8 Å². The second kappa shape index (κ2) is 9.38. The summed E-state index contributed by atoms with van der Waals surface area (Å²) < 4.78 is 15.9. The van der Waals surface area contributed by atoms with Crippen LogP contribution >= 0.6 is 0 Å². The second-order valence-corrected chi connectivity index (χ2v) is 6.70. The van der Waals surface area contributed by atoms with Gasteiger partial charge in [-0.25, -0.2) is 9.97 Å². The van der Waals surface area contributed by atoms with Crippen molar-refractivity contribution in [3.8, 4) is 22.8 Å². The van der Waals surface area contributed by atoms with Gasteiger partial charge in [0.05, 0.1) is 37.2 Å². The molecule has 10 nitrogen and oxygen atoms in total. The molecule has 1 aromatic carbocycles. The zero-order valence-corrected chi connectivity index (χ0v) is 17.2. The molecule has 160 valence electrons. The number of nitrogens with zero attached hydrogens (tertiary/aromatic N) is 4. The number of ether oxygens (including phenoxy) is 3. The Kier molecular flexibility index (Phi) is 6.65. The van der Waals surface area contributed by atoms with Gasteiger partial charge < -0.3 is 19.1 Å². The summed E-state index contributed by atoms with van der Waals surface area (Å²) in [6.45, 7) is 3.00.